The second-order valence-electron chi connectivity index (χ2n) is 5.62. The van der Waals surface area contributed by atoms with E-state index in [1.807, 2.05) is 0 Å². The minimum Gasteiger partial charge on any atom is -0.162 e. The van der Waals surface area contributed by atoms with Crippen LogP contribution in [0.15, 0.2) is 0 Å². The molecule has 0 rings (SSSR count). The van der Waals surface area contributed by atoms with Crippen molar-refractivity contribution in [1.29, 1.82) is 0 Å². The summed E-state index contributed by atoms with van der Waals surface area (Å²) in [5.41, 5.74) is 0. The topological polar surface area (TPSA) is 0 Å². The predicted molar refractivity (Wildman–Crippen MR) is 84.0 cm³/mol. The third-order valence-corrected chi connectivity index (χ3v) is 4.33. The lowest BCUT2D eigenvalue weighted by molar-refractivity contribution is 0.573. The molecule has 0 spiro atoms. The van der Waals surface area contributed by atoms with Crippen LogP contribution in [0.3, 0.4) is 0 Å². The number of thioether (sulfide) groups is 1. The van der Waals surface area contributed by atoms with Crippen molar-refractivity contribution >= 4 is 11.8 Å². The highest BCUT2D eigenvalue weighted by Crippen LogP contribution is 2.13. The standard InChI is InChI=1S/C16H34S/c1-4-5-6-7-8-9-10-11-12-14-17-15-13-16(2)3/h16H,4-15H2,1-3H3. The molecule has 0 aliphatic rings. The van der Waals surface area contributed by atoms with E-state index in [9.17, 15) is 0 Å². The van der Waals surface area contributed by atoms with Crippen molar-refractivity contribution in [3.63, 3.8) is 0 Å². The Bertz CT molecular complexity index is 131. The highest BCUT2D eigenvalue weighted by atomic mass is 32.2. The molecule has 0 aliphatic carbocycles. The molecule has 0 aromatic heterocycles. The highest BCUT2D eigenvalue weighted by Gasteiger charge is 1.95. The van der Waals surface area contributed by atoms with Gasteiger partial charge in [-0.1, -0.05) is 72.1 Å². The molecule has 0 aromatic rings. The first-order valence-electron chi connectivity index (χ1n) is 7.85. The van der Waals surface area contributed by atoms with E-state index in [0.29, 0.717) is 0 Å². The lowest BCUT2D eigenvalue weighted by Gasteiger charge is -2.04. The van der Waals surface area contributed by atoms with Crippen LogP contribution in [-0.2, 0) is 0 Å². The highest BCUT2D eigenvalue weighted by molar-refractivity contribution is 7.99. The van der Waals surface area contributed by atoms with Crippen LogP contribution in [-0.4, -0.2) is 11.5 Å². The zero-order valence-corrected chi connectivity index (χ0v) is 13.3. The van der Waals surface area contributed by atoms with Gasteiger partial charge in [-0.25, -0.2) is 0 Å². The summed E-state index contributed by atoms with van der Waals surface area (Å²) in [6, 6.07) is 0. The summed E-state index contributed by atoms with van der Waals surface area (Å²) >= 11 is 2.16. The summed E-state index contributed by atoms with van der Waals surface area (Å²) in [5.74, 6) is 3.64. The fourth-order valence-electron chi connectivity index (χ4n) is 1.94. The smallest absolute Gasteiger partial charge is 0.00651 e. The Balaban J connectivity index is 2.89. The van der Waals surface area contributed by atoms with Crippen molar-refractivity contribution in [2.75, 3.05) is 11.5 Å². The van der Waals surface area contributed by atoms with Crippen molar-refractivity contribution in [1.82, 2.24) is 0 Å². The van der Waals surface area contributed by atoms with Crippen LogP contribution >= 0.6 is 11.8 Å². The van der Waals surface area contributed by atoms with Crippen LogP contribution < -0.4 is 0 Å². The summed E-state index contributed by atoms with van der Waals surface area (Å²) in [7, 11) is 0. The number of hydrogen-bond acceptors (Lipinski definition) is 1. The fourth-order valence-corrected chi connectivity index (χ4v) is 3.19. The molecule has 0 aliphatic heterocycles. The first-order valence-corrected chi connectivity index (χ1v) is 9.00. The van der Waals surface area contributed by atoms with Crippen LogP contribution in [0, 0.1) is 5.92 Å². The maximum Gasteiger partial charge on any atom is -0.00651 e. The van der Waals surface area contributed by atoms with E-state index < -0.39 is 0 Å². The largest absolute Gasteiger partial charge is 0.162 e. The molecule has 0 aromatic carbocycles. The van der Waals surface area contributed by atoms with Gasteiger partial charge in [0.2, 0.25) is 0 Å². The van der Waals surface area contributed by atoms with Crippen molar-refractivity contribution in [3.05, 3.63) is 0 Å². The van der Waals surface area contributed by atoms with Gasteiger partial charge in [0.1, 0.15) is 0 Å². The molecule has 0 bridgehead atoms. The normalized spacial score (nSPS) is 11.3. The molecule has 0 saturated carbocycles. The number of hydrogen-bond donors (Lipinski definition) is 0. The van der Waals surface area contributed by atoms with Gasteiger partial charge in [-0.2, -0.15) is 11.8 Å². The third-order valence-electron chi connectivity index (χ3n) is 3.23. The molecule has 0 saturated heterocycles. The van der Waals surface area contributed by atoms with Gasteiger partial charge in [-0.3, -0.25) is 0 Å². The molecule has 0 heterocycles. The SMILES string of the molecule is CCCCCCCCCCCSCCC(C)C. The Kier molecular flexibility index (Phi) is 14.7. The van der Waals surface area contributed by atoms with E-state index in [4.69, 9.17) is 0 Å². The molecule has 17 heavy (non-hydrogen) atoms. The molecular weight excluding hydrogens is 224 g/mol. The lowest BCUT2D eigenvalue weighted by Crippen LogP contribution is -1.91. The Labute approximate surface area is 114 Å². The van der Waals surface area contributed by atoms with E-state index in [1.54, 1.807) is 0 Å². The van der Waals surface area contributed by atoms with Crippen LogP contribution in [0.1, 0.15) is 85.0 Å². The second-order valence-corrected chi connectivity index (χ2v) is 6.85. The van der Waals surface area contributed by atoms with Gasteiger partial charge in [0.05, 0.1) is 0 Å². The van der Waals surface area contributed by atoms with E-state index in [2.05, 4.69) is 32.5 Å². The quantitative estimate of drug-likeness (QED) is 0.349. The zero-order chi connectivity index (χ0) is 12.8. The van der Waals surface area contributed by atoms with Crippen molar-refractivity contribution in [3.8, 4) is 0 Å². The van der Waals surface area contributed by atoms with Gasteiger partial charge < -0.3 is 0 Å². The zero-order valence-electron chi connectivity index (χ0n) is 12.5. The minimum atomic E-state index is 0.880. The molecule has 0 nitrogen and oxygen atoms in total. The number of rotatable bonds is 13. The van der Waals surface area contributed by atoms with E-state index >= 15 is 0 Å². The van der Waals surface area contributed by atoms with Gasteiger partial charge in [0, 0.05) is 0 Å². The first-order chi connectivity index (χ1) is 8.27. The molecule has 0 amide bonds. The molecule has 0 radical (unpaired) electrons. The Morgan fingerprint density at radius 3 is 1.76 bits per heavy atom. The van der Waals surface area contributed by atoms with E-state index in [1.165, 1.54) is 75.7 Å². The van der Waals surface area contributed by atoms with Gasteiger partial charge in [0.15, 0.2) is 0 Å². The molecule has 0 unspecified atom stereocenters. The summed E-state index contributed by atoms with van der Waals surface area (Å²) in [4.78, 5) is 0. The molecular formula is C16H34S. The van der Waals surface area contributed by atoms with Gasteiger partial charge in [-0.15, -0.1) is 0 Å². The maximum absolute atomic E-state index is 2.32. The molecule has 0 N–H and O–H groups in total. The average Bonchev–Trinajstić information content (AvgIpc) is 2.30. The second kappa shape index (κ2) is 14.4. The molecule has 0 fully saturated rings. The van der Waals surface area contributed by atoms with Crippen LogP contribution in [0.4, 0.5) is 0 Å². The Morgan fingerprint density at radius 2 is 1.24 bits per heavy atom. The minimum absolute atomic E-state index is 0.880. The summed E-state index contributed by atoms with van der Waals surface area (Å²) < 4.78 is 0. The third kappa shape index (κ3) is 16.4. The Hall–Kier alpha value is 0.350. The van der Waals surface area contributed by atoms with E-state index in [0.717, 1.165) is 5.92 Å². The Morgan fingerprint density at radius 1 is 0.706 bits per heavy atom. The van der Waals surface area contributed by atoms with Gasteiger partial charge in [0.25, 0.3) is 0 Å². The lowest BCUT2D eigenvalue weighted by atomic mass is 10.1. The summed E-state index contributed by atoms with van der Waals surface area (Å²) in [5, 5.41) is 0. The van der Waals surface area contributed by atoms with Crippen molar-refractivity contribution in [2.45, 2.75) is 85.0 Å². The van der Waals surface area contributed by atoms with Gasteiger partial charge >= 0.3 is 0 Å². The molecule has 0 atom stereocenters. The predicted octanol–water partition coefficient (Wildman–Crippen LogP) is 6.30. The average molecular weight is 259 g/mol. The van der Waals surface area contributed by atoms with Crippen LogP contribution in [0.5, 0.6) is 0 Å². The summed E-state index contributed by atoms with van der Waals surface area (Å²) in [6.07, 6.45) is 14.4. The monoisotopic (exact) mass is 258 g/mol. The van der Waals surface area contributed by atoms with E-state index in [-0.39, 0.29) is 0 Å². The van der Waals surface area contributed by atoms with Crippen LogP contribution in [0.2, 0.25) is 0 Å². The van der Waals surface area contributed by atoms with Crippen LogP contribution in [0.25, 0.3) is 0 Å². The fraction of sp³-hybridized carbons (Fsp3) is 1.00. The summed E-state index contributed by atoms with van der Waals surface area (Å²) in [6.45, 7) is 6.93. The maximum atomic E-state index is 2.32. The molecule has 104 valence electrons. The number of unbranched alkanes of at least 4 members (excludes halogenated alkanes) is 8. The molecule has 1 heteroatoms. The first kappa shape index (κ1) is 17.4. The van der Waals surface area contributed by atoms with Crippen molar-refractivity contribution in [2.24, 2.45) is 5.92 Å². The van der Waals surface area contributed by atoms with Gasteiger partial charge in [-0.05, 0) is 30.3 Å². The van der Waals surface area contributed by atoms with Crippen molar-refractivity contribution < 1.29 is 0 Å².